The van der Waals surface area contributed by atoms with Crippen LogP contribution in [0, 0.1) is 11.3 Å². The Morgan fingerprint density at radius 3 is 2.96 bits per heavy atom. The second kappa shape index (κ2) is 6.40. The van der Waals surface area contributed by atoms with E-state index in [4.69, 9.17) is 9.47 Å². The van der Waals surface area contributed by atoms with Gasteiger partial charge in [-0.05, 0) is 70.2 Å². The van der Waals surface area contributed by atoms with Crippen LogP contribution in [0.1, 0.15) is 56.6 Å². The van der Waals surface area contributed by atoms with Crippen LogP contribution in [0.2, 0.25) is 0 Å². The highest BCUT2D eigenvalue weighted by atomic mass is 16.5. The monoisotopic (exact) mass is 370 g/mol. The van der Waals surface area contributed by atoms with E-state index in [-0.39, 0.29) is 24.0 Å². The number of carbonyl (C=O) groups excluding carboxylic acids is 1. The van der Waals surface area contributed by atoms with Crippen molar-refractivity contribution in [1.29, 1.82) is 0 Å². The van der Waals surface area contributed by atoms with Crippen molar-refractivity contribution in [2.75, 3.05) is 19.7 Å². The molecule has 4 atom stereocenters. The van der Waals surface area contributed by atoms with Gasteiger partial charge in [0.1, 0.15) is 17.6 Å². The maximum absolute atomic E-state index is 12.8. The molecule has 1 saturated heterocycles. The molecule has 4 unspecified atom stereocenters. The number of rotatable bonds is 5. The summed E-state index contributed by atoms with van der Waals surface area (Å²) in [7, 11) is 0. The molecule has 5 heteroatoms. The molecule has 4 aliphatic rings. The van der Waals surface area contributed by atoms with Crippen molar-refractivity contribution in [1.82, 2.24) is 10.6 Å². The number of fused-ring (bicyclic) bond motifs is 1. The summed E-state index contributed by atoms with van der Waals surface area (Å²) in [5.41, 5.74) is 2.73. The zero-order valence-electron chi connectivity index (χ0n) is 16.3. The lowest BCUT2D eigenvalue weighted by Crippen LogP contribution is -2.34. The Morgan fingerprint density at radius 1 is 1.37 bits per heavy atom. The summed E-state index contributed by atoms with van der Waals surface area (Å²) in [6, 6.07) is 4.55. The van der Waals surface area contributed by atoms with Crippen LogP contribution in [0.4, 0.5) is 0 Å². The molecular formula is C22H30N2O3. The molecule has 0 radical (unpaired) electrons. The fourth-order valence-electron chi connectivity index (χ4n) is 5.20. The third-order valence-corrected chi connectivity index (χ3v) is 6.95. The van der Waals surface area contributed by atoms with Crippen molar-refractivity contribution < 1.29 is 14.3 Å². The van der Waals surface area contributed by atoms with Crippen LogP contribution in [0.15, 0.2) is 12.1 Å². The summed E-state index contributed by atoms with van der Waals surface area (Å²) in [6.07, 6.45) is 5.55. The zero-order chi connectivity index (χ0) is 18.6. The largest absolute Gasteiger partial charge is 0.494 e. The SMILES string of the molecule is CCOc1cc2c(cc1C1CC1NC(=O)C1CC13CCNCC3)OC(C)C2. The van der Waals surface area contributed by atoms with Gasteiger partial charge in [-0.25, -0.2) is 0 Å². The number of carbonyl (C=O) groups is 1. The van der Waals surface area contributed by atoms with E-state index in [1.54, 1.807) is 0 Å². The lowest BCUT2D eigenvalue weighted by atomic mass is 9.92. The molecule has 2 aliphatic heterocycles. The average molecular weight is 370 g/mol. The highest BCUT2D eigenvalue weighted by Gasteiger charge is 2.58. The molecule has 5 rings (SSSR count). The average Bonchev–Trinajstić information content (AvgIpc) is 3.52. The predicted molar refractivity (Wildman–Crippen MR) is 103 cm³/mol. The normalized spacial score (nSPS) is 32.5. The summed E-state index contributed by atoms with van der Waals surface area (Å²) in [5.74, 6) is 2.82. The molecule has 2 N–H and O–H groups in total. The summed E-state index contributed by atoms with van der Waals surface area (Å²) < 4.78 is 11.9. The van der Waals surface area contributed by atoms with Crippen LogP contribution < -0.4 is 20.1 Å². The molecule has 27 heavy (non-hydrogen) atoms. The molecule has 2 heterocycles. The number of hydrogen-bond acceptors (Lipinski definition) is 4. The fourth-order valence-corrected chi connectivity index (χ4v) is 5.20. The third kappa shape index (κ3) is 3.10. The van der Waals surface area contributed by atoms with Gasteiger partial charge in [-0.3, -0.25) is 4.79 Å². The Bertz CT molecular complexity index is 756. The van der Waals surface area contributed by atoms with E-state index in [1.807, 2.05) is 6.92 Å². The van der Waals surface area contributed by atoms with Gasteiger partial charge < -0.3 is 20.1 Å². The molecule has 1 amide bonds. The van der Waals surface area contributed by atoms with Crippen LogP contribution in [0.25, 0.3) is 0 Å². The second-order valence-corrected chi connectivity index (χ2v) is 8.89. The van der Waals surface area contributed by atoms with Gasteiger partial charge in [0, 0.05) is 35.4 Å². The first-order valence-electron chi connectivity index (χ1n) is 10.6. The van der Waals surface area contributed by atoms with Crippen molar-refractivity contribution in [3.63, 3.8) is 0 Å². The predicted octanol–water partition coefficient (Wildman–Crippen LogP) is 2.77. The minimum absolute atomic E-state index is 0.232. The molecule has 0 aromatic heterocycles. The zero-order valence-corrected chi connectivity index (χ0v) is 16.3. The Kier molecular flexibility index (Phi) is 4.12. The lowest BCUT2D eigenvalue weighted by Gasteiger charge is -2.23. The van der Waals surface area contributed by atoms with Crippen LogP contribution in [0.3, 0.4) is 0 Å². The van der Waals surface area contributed by atoms with Crippen molar-refractivity contribution in [3.8, 4) is 11.5 Å². The first kappa shape index (κ1) is 17.4. The molecule has 2 aliphatic carbocycles. The van der Waals surface area contributed by atoms with E-state index in [2.05, 4.69) is 29.7 Å². The van der Waals surface area contributed by atoms with E-state index in [0.29, 0.717) is 17.9 Å². The highest BCUT2D eigenvalue weighted by molar-refractivity contribution is 5.83. The summed E-state index contributed by atoms with van der Waals surface area (Å²) in [4.78, 5) is 12.8. The second-order valence-electron chi connectivity index (χ2n) is 8.89. The van der Waals surface area contributed by atoms with E-state index in [0.717, 1.165) is 56.7 Å². The molecule has 1 spiro atoms. The van der Waals surface area contributed by atoms with Crippen LogP contribution in [-0.2, 0) is 11.2 Å². The van der Waals surface area contributed by atoms with Gasteiger partial charge in [0.15, 0.2) is 0 Å². The third-order valence-electron chi connectivity index (χ3n) is 6.95. The first-order chi connectivity index (χ1) is 13.1. The molecule has 0 bridgehead atoms. The number of benzene rings is 1. The van der Waals surface area contributed by atoms with Crippen molar-refractivity contribution in [2.45, 2.75) is 64.0 Å². The van der Waals surface area contributed by atoms with Gasteiger partial charge in [-0.2, -0.15) is 0 Å². The van der Waals surface area contributed by atoms with Crippen molar-refractivity contribution in [3.05, 3.63) is 23.3 Å². The first-order valence-corrected chi connectivity index (χ1v) is 10.6. The Morgan fingerprint density at radius 2 is 2.19 bits per heavy atom. The summed E-state index contributed by atoms with van der Waals surface area (Å²) in [5, 5.41) is 6.73. The minimum Gasteiger partial charge on any atom is -0.494 e. The van der Waals surface area contributed by atoms with E-state index < -0.39 is 0 Å². The maximum atomic E-state index is 12.8. The standard InChI is InChI=1S/C22H30N2O3/c1-3-26-20-9-14-8-13(2)27-19(14)11-16(20)15-10-18(15)24-21(25)17-12-22(17)4-6-23-7-5-22/h9,11,13,15,17-18,23H,3-8,10,12H2,1-2H3,(H,24,25). The van der Waals surface area contributed by atoms with E-state index in [1.165, 1.54) is 11.1 Å². The van der Waals surface area contributed by atoms with Gasteiger partial charge in [-0.15, -0.1) is 0 Å². The van der Waals surface area contributed by atoms with E-state index >= 15 is 0 Å². The minimum atomic E-state index is 0.232. The van der Waals surface area contributed by atoms with Gasteiger partial charge in [-0.1, -0.05) is 0 Å². The molecule has 1 aromatic carbocycles. The smallest absolute Gasteiger partial charge is 0.223 e. The van der Waals surface area contributed by atoms with Crippen LogP contribution in [0.5, 0.6) is 11.5 Å². The molecule has 146 valence electrons. The van der Waals surface area contributed by atoms with Crippen LogP contribution in [-0.4, -0.2) is 37.7 Å². The van der Waals surface area contributed by atoms with Crippen molar-refractivity contribution >= 4 is 5.91 Å². The number of nitrogens with one attached hydrogen (secondary N) is 2. The number of hydrogen-bond donors (Lipinski definition) is 2. The molecule has 1 aromatic rings. The summed E-state index contributed by atoms with van der Waals surface area (Å²) in [6.45, 7) is 6.90. The van der Waals surface area contributed by atoms with Gasteiger partial charge in [0.05, 0.1) is 6.61 Å². The molecule has 5 nitrogen and oxygen atoms in total. The quantitative estimate of drug-likeness (QED) is 0.837. The summed E-state index contributed by atoms with van der Waals surface area (Å²) >= 11 is 0. The number of ether oxygens (including phenoxy) is 2. The highest BCUT2D eigenvalue weighted by Crippen LogP contribution is 2.59. The van der Waals surface area contributed by atoms with Crippen LogP contribution >= 0.6 is 0 Å². The number of piperidine rings is 1. The molecule has 3 fully saturated rings. The topological polar surface area (TPSA) is 59.6 Å². The molecular weight excluding hydrogens is 340 g/mol. The van der Waals surface area contributed by atoms with Crippen molar-refractivity contribution in [2.24, 2.45) is 11.3 Å². The maximum Gasteiger partial charge on any atom is 0.223 e. The fraction of sp³-hybridized carbons (Fsp3) is 0.682. The Labute approximate surface area is 161 Å². The van der Waals surface area contributed by atoms with Gasteiger partial charge >= 0.3 is 0 Å². The Hall–Kier alpha value is -1.75. The van der Waals surface area contributed by atoms with Gasteiger partial charge in [0.2, 0.25) is 5.91 Å². The Balaban J connectivity index is 1.26. The van der Waals surface area contributed by atoms with E-state index in [9.17, 15) is 4.79 Å². The lowest BCUT2D eigenvalue weighted by molar-refractivity contribution is -0.123. The molecule has 2 saturated carbocycles. The number of amides is 1. The van der Waals surface area contributed by atoms with Gasteiger partial charge in [0.25, 0.3) is 0 Å².